The number of halogens is 1. The highest BCUT2D eigenvalue weighted by atomic mass is 127. The molecule has 0 fully saturated rings. The topological polar surface area (TPSA) is 67.0 Å². The molecule has 0 aliphatic carbocycles. The molecule has 2 aromatic rings. The van der Waals surface area contributed by atoms with Gasteiger partial charge in [0.05, 0.1) is 12.9 Å². The summed E-state index contributed by atoms with van der Waals surface area (Å²) >= 11 is 1.96. The average Bonchev–Trinajstić information content (AvgIpc) is 2.38. The summed E-state index contributed by atoms with van der Waals surface area (Å²) < 4.78 is 5.89. The van der Waals surface area contributed by atoms with E-state index in [1.54, 1.807) is 0 Å². The molecular formula is C12H12IN3O2. The van der Waals surface area contributed by atoms with Gasteiger partial charge in [0.15, 0.2) is 5.82 Å². The third-order valence-corrected chi connectivity index (χ3v) is 3.23. The van der Waals surface area contributed by atoms with Gasteiger partial charge in [-0.3, -0.25) is 4.79 Å². The number of rotatable bonds is 4. The van der Waals surface area contributed by atoms with E-state index in [1.807, 2.05) is 53.8 Å². The second-order valence-electron chi connectivity index (χ2n) is 3.48. The number of aromatic amines is 1. The van der Waals surface area contributed by atoms with E-state index >= 15 is 0 Å². The monoisotopic (exact) mass is 357 g/mol. The highest BCUT2D eigenvalue weighted by Crippen LogP contribution is 2.20. The number of benzene rings is 1. The molecule has 0 atom stereocenters. The van der Waals surface area contributed by atoms with E-state index in [0.29, 0.717) is 16.0 Å². The first-order valence-corrected chi connectivity index (χ1v) is 6.51. The van der Waals surface area contributed by atoms with Crippen LogP contribution in [0.15, 0.2) is 35.4 Å². The molecule has 1 aromatic heterocycles. The molecule has 2 rings (SSSR count). The van der Waals surface area contributed by atoms with Gasteiger partial charge in [0, 0.05) is 5.69 Å². The molecule has 1 heterocycles. The van der Waals surface area contributed by atoms with E-state index in [-0.39, 0.29) is 5.56 Å². The van der Waals surface area contributed by atoms with E-state index < -0.39 is 0 Å². The van der Waals surface area contributed by atoms with Gasteiger partial charge in [-0.1, -0.05) is 0 Å². The maximum absolute atomic E-state index is 11.4. The van der Waals surface area contributed by atoms with Gasteiger partial charge >= 0.3 is 0 Å². The summed E-state index contributed by atoms with van der Waals surface area (Å²) in [4.78, 5) is 18.0. The Kier molecular flexibility index (Phi) is 4.19. The molecule has 0 saturated heterocycles. The number of ether oxygens (including phenoxy) is 1. The molecule has 0 spiro atoms. The number of hydrogen-bond donors (Lipinski definition) is 2. The number of hydrogen-bond acceptors (Lipinski definition) is 4. The van der Waals surface area contributed by atoms with Crippen molar-refractivity contribution in [2.75, 3.05) is 11.9 Å². The third kappa shape index (κ3) is 3.00. The summed E-state index contributed by atoms with van der Waals surface area (Å²) in [7, 11) is 0. The zero-order chi connectivity index (χ0) is 13.0. The Morgan fingerprint density at radius 2 is 2.11 bits per heavy atom. The molecule has 1 aromatic carbocycles. The Hall–Kier alpha value is -1.57. The van der Waals surface area contributed by atoms with Crippen molar-refractivity contribution in [3.05, 3.63) is 44.5 Å². The second-order valence-corrected chi connectivity index (χ2v) is 4.56. The number of H-pyrrole nitrogens is 1. The SMILES string of the molecule is CCOc1ccc(Nc2nc[nH]c(=O)c2I)cc1. The summed E-state index contributed by atoms with van der Waals surface area (Å²) in [6.07, 6.45) is 1.38. The van der Waals surface area contributed by atoms with E-state index in [9.17, 15) is 4.79 Å². The van der Waals surface area contributed by atoms with Gasteiger partial charge in [0.1, 0.15) is 9.32 Å². The van der Waals surface area contributed by atoms with Gasteiger partial charge in [-0.15, -0.1) is 0 Å². The minimum Gasteiger partial charge on any atom is -0.494 e. The van der Waals surface area contributed by atoms with Crippen LogP contribution in [-0.4, -0.2) is 16.6 Å². The minimum atomic E-state index is -0.154. The first kappa shape index (κ1) is 12.9. The molecule has 0 radical (unpaired) electrons. The van der Waals surface area contributed by atoms with Crippen LogP contribution in [0.4, 0.5) is 11.5 Å². The van der Waals surface area contributed by atoms with E-state index in [0.717, 1.165) is 11.4 Å². The molecule has 0 amide bonds. The lowest BCUT2D eigenvalue weighted by Gasteiger charge is -2.08. The molecule has 18 heavy (non-hydrogen) atoms. The molecule has 0 aliphatic heterocycles. The zero-order valence-electron chi connectivity index (χ0n) is 9.74. The van der Waals surface area contributed by atoms with Crippen molar-refractivity contribution in [3.63, 3.8) is 0 Å². The lowest BCUT2D eigenvalue weighted by molar-refractivity contribution is 0.340. The average molecular weight is 357 g/mol. The van der Waals surface area contributed by atoms with Crippen LogP contribution in [0.2, 0.25) is 0 Å². The second kappa shape index (κ2) is 5.85. The van der Waals surface area contributed by atoms with Crippen LogP contribution in [0.3, 0.4) is 0 Å². The lowest BCUT2D eigenvalue weighted by Crippen LogP contribution is -2.12. The normalized spacial score (nSPS) is 10.1. The van der Waals surface area contributed by atoms with Gasteiger partial charge < -0.3 is 15.0 Å². The van der Waals surface area contributed by atoms with Crippen molar-refractivity contribution in [3.8, 4) is 5.75 Å². The van der Waals surface area contributed by atoms with Crippen molar-refractivity contribution < 1.29 is 4.74 Å². The van der Waals surface area contributed by atoms with Gasteiger partial charge in [-0.25, -0.2) is 4.98 Å². The number of nitrogens with one attached hydrogen (secondary N) is 2. The fourth-order valence-corrected chi connectivity index (χ4v) is 1.84. The smallest absolute Gasteiger partial charge is 0.266 e. The molecular weight excluding hydrogens is 345 g/mol. The third-order valence-electron chi connectivity index (χ3n) is 2.22. The van der Waals surface area contributed by atoms with Gasteiger partial charge in [-0.05, 0) is 53.8 Å². The molecule has 0 aliphatic rings. The Morgan fingerprint density at radius 3 is 2.78 bits per heavy atom. The van der Waals surface area contributed by atoms with Crippen LogP contribution >= 0.6 is 22.6 Å². The first-order valence-electron chi connectivity index (χ1n) is 5.43. The van der Waals surface area contributed by atoms with Crippen molar-refractivity contribution in [2.45, 2.75) is 6.92 Å². The van der Waals surface area contributed by atoms with Crippen molar-refractivity contribution in [2.24, 2.45) is 0 Å². The molecule has 0 unspecified atom stereocenters. The van der Waals surface area contributed by atoms with Crippen LogP contribution in [0.25, 0.3) is 0 Å². The molecule has 94 valence electrons. The maximum atomic E-state index is 11.4. The summed E-state index contributed by atoms with van der Waals surface area (Å²) in [5, 5.41) is 3.09. The minimum absolute atomic E-state index is 0.154. The van der Waals surface area contributed by atoms with Gasteiger partial charge in [0.2, 0.25) is 0 Å². The van der Waals surface area contributed by atoms with Gasteiger partial charge in [-0.2, -0.15) is 0 Å². The van der Waals surface area contributed by atoms with Crippen LogP contribution < -0.4 is 15.6 Å². The molecule has 2 N–H and O–H groups in total. The predicted octanol–water partition coefficient (Wildman–Crippen LogP) is 2.52. The lowest BCUT2D eigenvalue weighted by atomic mass is 10.3. The largest absolute Gasteiger partial charge is 0.494 e. The Balaban J connectivity index is 2.18. The number of nitrogens with zero attached hydrogens (tertiary/aromatic N) is 1. The Labute approximate surface area is 118 Å². The standard InChI is InChI=1S/C12H12IN3O2/c1-2-18-9-5-3-8(4-6-9)16-11-10(13)12(17)15-7-14-11/h3-7H,2H2,1H3,(H2,14,15,16,17). The summed E-state index contributed by atoms with van der Waals surface area (Å²) in [5.41, 5.74) is 0.702. The van der Waals surface area contributed by atoms with Crippen molar-refractivity contribution in [1.29, 1.82) is 0 Å². The highest BCUT2D eigenvalue weighted by Gasteiger charge is 2.05. The van der Waals surface area contributed by atoms with Crippen LogP contribution in [0, 0.1) is 3.57 Å². The quantitative estimate of drug-likeness (QED) is 0.826. The zero-order valence-corrected chi connectivity index (χ0v) is 11.9. The maximum Gasteiger partial charge on any atom is 0.266 e. The molecule has 5 nitrogen and oxygen atoms in total. The first-order chi connectivity index (χ1) is 8.70. The summed E-state index contributed by atoms with van der Waals surface area (Å²) in [6.45, 7) is 2.58. The van der Waals surface area contributed by atoms with E-state index in [2.05, 4.69) is 15.3 Å². The number of anilines is 2. The fraction of sp³-hybridized carbons (Fsp3) is 0.167. The Bertz CT molecular complexity index is 581. The fourth-order valence-electron chi connectivity index (χ4n) is 1.41. The Morgan fingerprint density at radius 1 is 1.39 bits per heavy atom. The van der Waals surface area contributed by atoms with Crippen molar-refractivity contribution in [1.82, 2.24) is 9.97 Å². The summed E-state index contributed by atoms with van der Waals surface area (Å²) in [5.74, 6) is 1.36. The summed E-state index contributed by atoms with van der Waals surface area (Å²) in [6, 6.07) is 7.49. The molecule has 6 heteroatoms. The number of aromatic nitrogens is 2. The van der Waals surface area contributed by atoms with Gasteiger partial charge in [0.25, 0.3) is 5.56 Å². The predicted molar refractivity (Wildman–Crippen MR) is 78.5 cm³/mol. The highest BCUT2D eigenvalue weighted by molar-refractivity contribution is 14.1. The molecule has 0 bridgehead atoms. The van der Waals surface area contributed by atoms with E-state index in [4.69, 9.17) is 4.74 Å². The van der Waals surface area contributed by atoms with Crippen molar-refractivity contribution >= 4 is 34.1 Å². The van der Waals surface area contributed by atoms with Crippen LogP contribution in [0.5, 0.6) is 5.75 Å². The van der Waals surface area contributed by atoms with Crippen LogP contribution in [-0.2, 0) is 0 Å². The molecule has 0 saturated carbocycles. The van der Waals surface area contributed by atoms with Crippen LogP contribution in [0.1, 0.15) is 6.92 Å². The van der Waals surface area contributed by atoms with E-state index in [1.165, 1.54) is 6.33 Å².